The predicted octanol–water partition coefficient (Wildman–Crippen LogP) is 2.66. The Kier molecular flexibility index (Phi) is 4.56. The molecule has 0 saturated carbocycles. The molecule has 6 heteroatoms. The highest BCUT2D eigenvalue weighted by Gasteiger charge is 2.29. The van der Waals surface area contributed by atoms with Crippen LogP contribution in [0, 0.1) is 5.41 Å². The standard InChI is InChI=1S/C12H16BrNO4/c1-12(2,3)8(6-9(15)16)14-11(17)7-4-5-18-10(7)13/h4-5,8H,6H2,1-3H3,(H,14,17)(H,15,16). The van der Waals surface area contributed by atoms with Crippen LogP contribution in [0.15, 0.2) is 21.4 Å². The van der Waals surface area contributed by atoms with E-state index in [0.29, 0.717) is 10.2 Å². The minimum absolute atomic E-state index is 0.120. The van der Waals surface area contributed by atoms with E-state index in [4.69, 9.17) is 9.52 Å². The summed E-state index contributed by atoms with van der Waals surface area (Å²) in [5.74, 6) is -1.29. The average Bonchev–Trinajstić information content (AvgIpc) is 2.61. The molecule has 0 aliphatic rings. The van der Waals surface area contributed by atoms with Crippen molar-refractivity contribution in [2.75, 3.05) is 0 Å². The van der Waals surface area contributed by atoms with E-state index < -0.39 is 12.0 Å². The molecular weight excluding hydrogens is 302 g/mol. The van der Waals surface area contributed by atoms with Crippen LogP contribution in [0.5, 0.6) is 0 Å². The van der Waals surface area contributed by atoms with Gasteiger partial charge in [-0.05, 0) is 27.4 Å². The molecule has 0 saturated heterocycles. The number of carboxylic acids is 1. The van der Waals surface area contributed by atoms with E-state index in [2.05, 4.69) is 21.2 Å². The second-order valence-electron chi connectivity index (χ2n) is 5.10. The SMILES string of the molecule is CC(C)(C)C(CC(=O)O)NC(=O)c1ccoc1Br. The molecule has 0 bridgehead atoms. The molecule has 0 aliphatic heterocycles. The van der Waals surface area contributed by atoms with Gasteiger partial charge in [0.2, 0.25) is 0 Å². The summed E-state index contributed by atoms with van der Waals surface area (Å²) in [6, 6.07) is 1.07. The van der Waals surface area contributed by atoms with Gasteiger partial charge in [0, 0.05) is 6.04 Å². The van der Waals surface area contributed by atoms with Crippen molar-refractivity contribution in [3.05, 3.63) is 22.6 Å². The number of aliphatic carboxylic acids is 1. The van der Waals surface area contributed by atoms with Gasteiger partial charge in [0.1, 0.15) is 0 Å². The average molecular weight is 318 g/mol. The van der Waals surface area contributed by atoms with Gasteiger partial charge in [-0.3, -0.25) is 9.59 Å². The lowest BCUT2D eigenvalue weighted by Crippen LogP contribution is -2.45. The summed E-state index contributed by atoms with van der Waals surface area (Å²) in [6.07, 6.45) is 1.27. The molecule has 0 aromatic carbocycles. The van der Waals surface area contributed by atoms with Crippen LogP contribution in [0.3, 0.4) is 0 Å². The summed E-state index contributed by atoms with van der Waals surface area (Å²) in [5.41, 5.74) is 0.0132. The molecule has 100 valence electrons. The van der Waals surface area contributed by atoms with Gasteiger partial charge < -0.3 is 14.8 Å². The summed E-state index contributed by atoms with van der Waals surface area (Å²) in [6.45, 7) is 5.64. The minimum Gasteiger partial charge on any atom is -0.481 e. The van der Waals surface area contributed by atoms with Crippen molar-refractivity contribution in [1.82, 2.24) is 5.32 Å². The molecule has 0 spiro atoms. The highest BCUT2D eigenvalue weighted by molar-refractivity contribution is 9.10. The number of nitrogens with one attached hydrogen (secondary N) is 1. The summed E-state index contributed by atoms with van der Waals surface area (Å²) in [5, 5.41) is 11.6. The van der Waals surface area contributed by atoms with Gasteiger partial charge in [0.25, 0.3) is 5.91 Å². The lowest BCUT2D eigenvalue weighted by atomic mass is 9.84. The minimum atomic E-state index is -0.943. The second-order valence-corrected chi connectivity index (χ2v) is 5.82. The lowest BCUT2D eigenvalue weighted by molar-refractivity contribution is -0.138. The highest BCUT2D eigenvalue weighted by Crippen LogP contribution is 2.23. The van der Waals surface area contributed by atoms with Crippen LogP contribution >= 0.6 is 15.9 Å². The van der Waals surface area contributed by atoms with E-state index in [0.717, 1.165) is 0 Å². The van der Waals surface area contributed by atoms with Crippen molar-refractivity contribution in [3.8, 4) is 0 Å². The monoisotopic (exact) mass is 317 g/mol. The van der Waals surface area contributed by atoms with Crippen LogP contribution in [0.25, 0.3) is 0 Å². The molecule has 1 rings (SSSR count). The maximum absolute atomic E-state index is 12.0. The van der Waals surface area contributed by atoms with Gasteiger partial charge in [-0.25, -0.2) is 0 Å². The van der Waals surface area contributed by atoms with Crippen molar-refractivity contribution >= 4 is 27.8 Å². The molecule has 0 radical (unpaired) electrons. The van der Waals surface area contributed by atoms with Crippen molar-refractivity contribution in [1.29, 1.82) is 0 Å². The smallest absolute Gasteiger partial charge is 0.305 e. The van der Waals surface area contributed by atoms with Gasteiger partial charge in [-0.15, -0.1) is 0 Å². The van der Waals surface area contributed by atoms with Crippen LogP contribution in [0.2, 0.25) is 0 Å². The molecular formula is C12H16BrNO4. The molecule has 1 aromatic rings. The largest absolute Gasteiger partial charge is 0.481 e. The van der Waals surface area contributed by atoms with Crippen molar-refractivity contribution in [3.63, 3.8) is 0 Å². The normalized spacial score (nSPS) is 13.1. The molecule has 1 amide bonds. The molecule has 0 aliphatic carbocycles. The van der Waals surface area contributed by atoms with E-state index in [1.165, 1.54) is 12.3 Å². The molecule has 1 atom stereocenters. The van der Waals surface area contributed by atoms with Gasteiger partial charge >= 0.3 is 5.97 Å². The van der Waals surface area contributed by atoms with E-state index in [9.17, 15) is 9.59 Å². The van der Waals surface area contributed by atoms with Gasteiger partial charge in [0.15, 0.2) is 4.67 Å². The summed E-state index contributed by atoms with van der Waals surface area (Å²) in [4.78, 5) is 22.8. The number of carbonyl (C=O) groups is 2. The number of furan rings is 1. The van der Waals surface area contributed by atoms with Crippen molar-refractivity contribution < 1.29 is 19.1 Å². The number of carbonyl (C=O) groups excluding carboxylic acids is 1. The molecule has 0 fully saturated rings. The fourth-order valence-electron chi connectivity index (χ4n) is 1.44. The Balaban J connectivity index is 2.82. The zero-order valence-corrected chi connectivity index (χ0v) is 12.1. The summed E-state index contributed by atoms with van der Waals surface area (Å²) < 4.78 is 5.31. The topological polar surface area (TPSA) is 79.5 Å². The third-order valence-electron chi connectivity index (χ3n) is 2.59. The Hall–Kier alpha value is -1.30. The summed E-state index contributed by atoms with van der Waals surface area (Å²) >= 11 is 3.11. The summed E-state index contributed by atoms with van der Waals surface area (Å²) in [7, 11) is 0. The number of rotatable bonds is 4. The Morgan fingerprint density at radius 3 is 2.50 bits per heavy atom. The fourth-order valence-corrected chi connectivity index (χ4v) is 1.86. The van der Waals surface area contributed by atoms with Crippen molar-refractivity contribution in [2.24, 2.45) is 5.41 Å². The Morgan fingerprint density at radius 2 is 2.11 bits per heavy atom. The lowest BCUT2D eigenvalue weighted by Gasteiger charge is -2.30. The third kappa shape index (κ3) is 3.87. The highest BCUT2D eigenvalue weighted by atomic mass is 79.9. The number of hydrogen-bond donors (Lipinski definition) is 2. The molecule has 5 nitrogen and oxygen atoms in total. The zero-order chi connectivity index (χ0) is 13.9. The molecule has 1 aromatic heterocycles. The third-order valence-corrected chi connectivity index (χ3v) is 3.21. The first-order valence-corrected chi connectivity index (χ1v) is 6.26. The Labute approximate surface area is 114 Å². The van der Waals surface area contributed by atoms with E-state index in [1.54, 1.807) is 0 Å². The maximum Gasteiger partial charge on any atom is 0.305 e. The second kappa shape index (κ2) is 5.56. The first kappa shape index (κ1) is 14.8. The quantitative estimate of drug-likeness (QED) is 0.894. The van der Waals surface area contributed by atoms with Crippen LogP contribution < -0.4 is 5.32 Å². The Bertz CT molecular complexity index is 447. The van der Waals surface area contributed by atoms with Gasteiger partial charge in [-0.1, -0.05) is 20.8 Å². The van der Waals surface area contributed by atoms with Crippen LogP contribution in [-0.2, 0) is 4.79 Å². The Morgan fingerprint density at radius 1 is 1.50 bits per heavy atom. The van der Waals surface area contributed by atoms with E-state index >= 15 is 0 Å². The van der Waals surface area contributed by atoms with E-state index in [-0.39, 0.29) is 17.7 Å². The predicted molar refractivity (Wildman–Crippen MR) is 69.4 cm³/mol. The number of hydrogen-bond acceptors (Lipinski definition) is 3. The number of halogens is 1. The van der Waals surface area contributed by atoms with Crippen LogP contribution in [-0.4, -0.2) is 23.0 Å². The first-order chi connectivity index (χ1) is 8.21. The van der Waals surface area contributed by atoms with Gasteiger partial charge in [0.05, 0.1) is 18.2 Å². The fraction of sp³-hybridized carbons (Fsp3) is 0.500. The molecule has 1 unspecified atom stereocenters. The van der Waals surface area contributed by atoms with E-state index in [1.807, 2.05) is 20.8 Å². The van der Waals surface area contributed by atoms with Crippen LogP contribution in [0.1, 0.15) is 37.6 Å². The van der Waals surface area contributed by atoms with Crippen molar-refractivity contribution in [2.45, 2.75) is 33.2 Å². The molecule has 2 N–H and O–H groups in total. The van der Waals surface area contributed by atoms with Gasteiger partial charge in [-0.2, -0.15) is 0 Å². The first-order valence-electron chi connectivity index (χ1n) is 5.47. The number of carboxylic acid groups (broad SMARTS) is 1. The van der Waals surface area contributed by atoms with Crippen LogP contribution in [0.4, 0.5) is 0 Å². The zero-order valence-electron chi connectivity index (χ0n) is 10.5. The maximum atomic E-state index is 12.0. The molecule has 18 heavy (non-hydrogen) atoms. The number of amides is 1. The molecule has 1 heterocycles.